The summed E-state index contributed by atoms with van der Waals surface area (Å²) in [5, 5.41) is 8.36. The molecule has 0 aliphatic carbocycles. The lowest BCUT2D eigenvalue weighted by atomic mass is 10.1. The Morgan fingerprint density at radius 3 is 2.88 bits per heavy atom. The van der Waals surface area contributed by atoms with E-state index in [-0.39, 0.29) is 5.91 Å². The number of nitrogens with zero attached hydrogens (tertiary/aromatic N) is 3. The minimum absolute atomic E-state index is 0.120. The molecule has 134 valence electrons. The lowest BCUT2D eigenvalue weighted by Crippen LogP contribution is -2.26. The number of carbonyl (C=O) groups excluding carboxylic acids is 1. The highest BCUT2D eigenvalue weighted by Crippen LogP contribution is 2.23. The molecule has 1 aliphatic rings. The molecular weight excluding hydrogens is 324 g/mol. The number of anilines is 1. The largest absolute Gasteiger partial charge is 0.305 e. The van der Waals surface area contributed by atoms with Crippen LogP contribution >= 0.6 is 0 Å². The second-order valence-electron chi connectivity index (χ2n) is 7.11. The van der Waals surface area contributed by atoms with E-state index in [1.807, 2.05) is 49.5 Å². The van der Waals surface area contributed by atoms with Crippen LogP contribution in [0.15, 0.2) is 48.5 Å². The van der Waals surface area contributed by atoms with Crippen LogP contribution in [0.25, 0.3) is 10.9 Å². The smallest absolute Gasteiger partial charge is 0.256 e. The molecule has 1 saturated heterocycles. The van der Waals surface area contributed by atoms with E-state index in [0.717, 1.165) is 24.0 Å². The molecule has 1 aromatic heterocycles. The summed E-state index contributed by atoms with van der Waals surface area (Å²) in [6, 6.07) is 16.4. The van der Waals surface area contributed by atoms with E-state index < -0.39 is 0 Å². The van der Waals surface area contributed by atoms with Crippen LogP contribution in [0.3, 0.4) is 0 Å². The maximum atomic E-state index is 12.7. The second-order valence-corrected chi connectivity index (χ2v) is 7.11. The molecule has 2 aromatic carbocycles. The third-order valence-electron chi connectivity index (χ3n) is 5.26. The van der Waals surface area contributed by atoms with Crippen LogP contribution in [-0.2, 0) is 13.6 Å². The van der Waals surface area contributed by atoms with Crippen LogP contribution in [0.4, 0.5) is 5.82 Å². The molecule has 1 unspecified atom stereocenters. The number of para-hydroxylation sites is 1. The van der Waals surface area contributed by atoms with Gasteiger partial charge < -0.3 is 5.32 Å². The summed E-state index contributed by atoms with van der Waals surface area (Å²) < 4.78 is 1.79. The molecule has 26 heavy (non-hydrogen) atoms. The fraction of sp³-hybridized carbons (Fsp3) is 0.333. The molecule has 0 spiro atoms. The number of aryl methyl sites for hydroxylation is 1. The molecule has 4 rings (SSSR count). The van der Waals surface area contributed by atoms with Crippen molar-refractivity contribution in [2.45, 2.75) is 32.4 Å². The van der Waals surface area contributed by atoms with Gasteiger partial charge in [-0.1, -0.05) is 24.3 Å². The number of rotatable bonds is 4. The SMILES string of the molecule is CC1CCCN1Cc1cccc(C(=O)Nc2nn(C)c3ccccc23)c1. The van der Waals surface area contributed by atoms with Gasteiger partial charge in [-0.25, -0.2) is 0 Å². The van der Waals surface area contributed by atoms with Gasteiger partial charge in [-0.2, -0.15) is 5.10 Å². The average Bonchev–Trinajstić information content (AvgIpc) is 3.19. The van der Waals surface area contributed by atoms with Crippen LogP contribution in [0.5, 0.6) is 0 Å². The third kappa shape index (κ3) is 3.22. The van der Waals surface area contributed by atoms with Gasteiger partial charge in [-0.05, 0) is 56.1 Å². The molecule has 1 N–H and O–H groups in total. The lowest BCUT2D eigenvalue weighted by molar-refractivity contribution is 0.102. The zero-order valence-electron chi connectivity index (χ0n) is 15.3. The lowest BCUT2D eigenvalue weighted by Gasteiger charge is -2.21. The zero-order valence-corrected chi connectivity index (χ0v) is 15.3. The maximum Gasteiger partial charge on any atom is 0.256 e. The zero-order chi connectivity index (χ0) is 18.1. The van der Waals surface area contributed by atoms with Crippen LogP contribution in [0.1, 0.15) is 35.7 Å². The van der Waals surface area contributed by atoms with Gasteiger partial charge in [0.2, 0.25) is 0 Å². The predicted octanol–water partition coefficient (Wildman–Crippen LogP) is 3.81. The van der Waals surface area contributed by atoms with E-state index in [4.69, 9.17) is 0 Å². The van der Waals surface area contributed by atoms with Gasteiger partial charge in [0.05, 0.1) is 5.52 Å². The van der Waals surface area contributed by atoms with Crippen molar-refractivity contribution in [2.24, 2.45) is 7.05 Å². The summed E-state index contributed by atoms with van der Waals surface area (Å²) in [7, 11) is 1.88. The summed E-state index contributed by atoms with van der Waals surface area (Å²) >= 11 is 0. The number of hydrogen-bond donors (Lipinski definition) is 1. The third-order valence-corrected chi connectivity index (χ3v) is 5.26. The number of carbonyl (C=O) groups is 1. The first-order chi connectivity index (χ1) is 12.6. The van der Waals surface area contributed by atoms with Crippen molar-refractivity contribution in [2.75, 3.05) is 11.9 Å². The summed E-state index contributed by atoms with van der Waals surface area (Å²) in [5.74, 6) is 0.483. The van der Waals surface area contributed by atoms with Crippen LogP contribution in [-0.4, -0.2) is 33.2 Å². The van der Waals surface area contributed by atoms with Crippen LogP contribution in [0, 0.1) is 0 Å². The van der Waals surface area contributed by atoms with Crippen molar-refractivity contribution in [3.05, 3.63) is 59.7 Å². The minimum Gasteiger partial charge on any atom is -0.305 e. The minimum atomic E-state index is -0.120. The van der Waals surface area contributed by atoms with Gasteiger partial charge in [0.25, 0.3) is 5.91 Å². The number of aromatic nitrogens is 2. The average molecular weight is 348 g/mol. The van der Waals surface area contributed by atoms with Gasteiger partial charge in [-0.3, -0.25) is 14.4 Å². The van der Waals surface area contributed by atoms with E-state index in [0.29, 0.717) is 17.4 Å². The van der Waals surface area contributed by atoms with E-state index >= 15 is 0 Å². The van der Waals surface area contributed by atoms with Gasteiger partial charge in [0, 0.05) is 30.6 Å². The van der Waals surface area contributed by atoms with Gasteiger partial charge >= 0.3 is 0 Å². The van der Waals surface area contributed by atoms with Gasteiger partial charge in [0.15, 0.2) is 5.82 Å². The Balaban J connectivity index is 1.53. The van der Waals surface area contributed by atoms with E-state index in [1.165, 1.54) is 18.4 Å². The first-order valence-electron chi connectivity index (χ1n) is 9.18. The molecule has 1 fully saturated rings. The molecule has 3 aromatic rings. The molecule has 1 atom stereocenters. The monoisotopic (exact) mass is 348 g/mol. The Labute approximate surface area is 153 Å². The van der Waals surface area contributed by atoms with Crippen molar-refractivity contribution in [1.29, 1.82) is 0 Å². The van der Waals surface area contributed by atoms with Crippen molar-refractivity contribution in [3.8, 4) is 0 Å². The van der Waals surface area contributed by atoms with Crippen molar-refractivity contribution in [1.82, 2.24) is 14.7 Å². The fourth-order valence-electron chi connectivity index (χ4n) is 3.76. The molecule has 1 aliphatic heterocycles. The summed E-state index contributed by atoms with van der Waals surface area (Å²) in [4.78, 5) is 15.2. The highest BCUT2D eigenvalue weighted by atomic mass is 16.1. The quantitative estimate of drug-likeness (QED) is 0.780. The number of nitrogens with one attached hydrogen (secondary N) is 1. The van der Waals surface area contributed by atoms with Crippen LogP contribution < -0.4 is 5.32 Å². The first kappa shape index (κ1) is 16.8. The fourth-order valence-corrected chi connectivity index (χ4v) is 3.76. The molecule has 5 nitrogen and oxygen atoms in total. The molecule has 1 amide bonds. The number of benzene rings is 2. The van der Waals surface area contributed by atoms with E-state index in [1.54, 1.807) is 4.68 Å². The van der Waals surface area contributed by atoms with E-state index in [9.17, 15) is 4.79 Å². The molecule has 0 radical (unpaired) electrons. The second kappa shape index (κ2) is 6.92. The standard InChI is InChI=1S/C21H24N4O/c1-15-7-6-12-25(15)14-16-8-5-9-17(13-16)21(26)22-20-18-10-3-4-11-19(18)24(2)23-20/h3-5,8-11,13,15H,6-7,12,14H2,1-2H3,(H,22,23,26). The highest BCUT2D eigenvalue weighted by Gasteiger charge is 2.20. The Hall–Kier alpha value is -2.66. The predicted molar refractivity (Wildman–Crippen MR) is 104 cm³/mol. The summed E-state index contributed by atoms with van der Waals surface area (Å²) in [6.07, 6.45) is 2.51. The Bertz CT molecular complexity index is 946. The number of amides is 1. The molecule has 0 bridgehead atoms. The molecule has 5 heteroatoms. The number of hydrogen-bond acceptors (Lipinski definition) is 3. The Morgan fingerprint density at radius 2 is 2.08 bits per heavy atom. The van der Waals surface area contributed by atoms with Gasteiger partial charge in [-0.15, -0.1) is 0 Å². The number of fused-ring (bicyclic) bond motifs is 1. The van der Waals surface area contributed by atoms with Crippen LogP contribution in [0.2, 0.25) is 0 Å². The summed E-state index contributed by atoms with van der Waals surface area (Å²) in [5.41, 5.74) is 2.85. The van der Waals surface area contributed by atoms with Crippen molar-refractivity contribution < 1.29 is 4.79 Å². The maximum absolute atomic E-state index is 12.7. The topological polar surface area (TPSA) is 50.2 Å². The molecule has 2 heterocycles. The van der Waals surface area contributed by atoms with Crippen molar-refractivity contribution in [3.63, 3.8) is 0 Å². The molecular formula is C21H24N4O. The highest BCUT2D eigenvalue weighted by molar-refractivity contribution is 6.08. The molecule has 0 saturated carbocycles. The summed E-state index contributed by atoms with van der Waals surface area (Å²) in [6.45, 7) is 4.31. The van der Waals surface area contributed by atoms with Crippen molar-refractivity contribution >= 4 is 22.6 Å². The Morgan fingerprint density at radius 1 is 1.23 bits per heavy atom. The van der Waals surface area contributed by atoms with E-state index in [2.05, 4.69) is 28.3 Å². The van der Waals surface area contributed by atoms with Gasteiger partial charge in [0.1, 0.15) is 0 Å². The Kier molecular flexibility index (Phi) is 4.47. The number of likely N-dealkylation sites (tertiary alicyclic amines) is 1. The normalized spacial score (nSPS) is 17.7. The first-order valence-corrected chi connectivity index (χ1v) is 9.18.